The highest BCUT2D eigenvalue weighted by molar-refractivity contribution is 7.07. The van der Waals surface area contributed by atoms with Crippen LogP contribution in [0.4, 0.5) is 11.6 Å². The van der Waals surface area contributed by atoms with Crippen molar-refractivity contribution < 1.29 is 0 Å². The van der Waals surface area contributed by atoms with E-state index in [9.17, 15) is 0 Å². The Kier molecular flexibility index (Phi) is 4.97. The van der Waals surface area contributed by atoms with Gasteiger partial charge in [0.2, 0.25) is 0 Å². The Morgan fingerprint density at radius 1 is 0.800 bits per heavy atom. The van der Waals surface area contributed by atoms with Gasteiger partial charge in [0.05, 0.1) is 0 Å². The molecule has 35 heavy (non-hydrogen) atoms. The molecule has 6 nitrogen and oxygen atoms in total. The van der Waals surface area contributed by atoms with Crippen LogP contribution in [0.2, 0.25) is 6.82 Å². The van der Waals surface area contributed by atoms with Crippen LogP contribution in [0.15, 0.2) is 87.8 Å². The molecule has 4 aromatic rings. The van der Waals surface area contributed by atoms with Crippen molar-refractivity contribution in [2.45, 2.75) is 13.7 Å². The summed E-state index contributed by atoms with van der Waals surface area (Å²) in [6.45, 7) is 3.87. The number of halogens is 1. The van der Waals surface area contributed by atoms with Gasteiger partial charge in [0.15, 0.2) is 5.84 Å². The molecule has 6 rings (SSSR count). The fourth-order valence-corrected chi connectivity index (χ4v) is 5.06. The maximum atomic E-state index is 8.69. The van der Waals surface area contributed by atoms with Gasteiger partial charge in [-0.2, -0.15) is 11.5 Å². The number of rotatable bonds is 3. The van der Waals surface area contributed by atoms with Crippen LogP contribution in [0.5, 0.6) is 0 Å². The van der Waals surface area contributed by atoms with Crippen LogP contribution in [-0.2, 0) is 7.05 Å². The Bertz CT molecular complexity index is 1630. The molecule has 0 fully saturated rings. The number of fused-ring (bicyclic) bond motifs is 3. The fraction of sp³-hybridized carbons (Fsp3) is 0.111. The zero-order valence-electron chi connectivity index (χ0n) is 19.6. The SMILES string of the molecule is CB(Cl)N1C(=N)c2ccccc2C1=Nc1c2ccccc2c(N=C2N=C(C)c3ccccc32)n1C. The van der Waals surface area contributed by atoms with Gasteiger partial charge in [0.1, 0.15) is 23.3 Å². The molecule has 170 valence electrons. The van der Waals surface area contributed by atoms with Gasteiger partial charge in [-0.05, 0) is 13.7 Å². The smallest absolute Gasteiger partial charge is 0.340 e. The van der Waals surface area contributed by atoms with Gasteiger partial charge in [0.25, 0.3) is 0 Å². The third-order valence-corrected chi connectivity index (χ3v) is 6.74. The van der Waals surface area contributed by atoms with Gasteiger partial charge in [-0.3, -0.25) is 5.41 Å². The standard InChI is InChI=1S/C27H22BClN6/c1-16-17-10-4-6-12-19(17)24(31-16)32-25-21-14-8-9-15-22(21)26(34(25)3)33-27-20-13-7-5-11-18(20)23(30)35(27)28(2)29/h4-15,30H,1-3H3. The number of nitrogens with zero attached hydrogens (tertiary/aromatic N) is 5. The number of nitrogens with one attached hydrogen (secondary N) is 1. The number of aromatic nitrogens is 1. The normalized spacial score (nSPS) is 16.9. The van der Waals surface area contributed by atoms with Gasteiger partial charge in [0, 0.05) is 45.8 Å². The Morgan fingerprint density at radius 2 is 1.34 bits per heavy atom. The molecule has 0 aliphatic carbocycles. The first kappa shape index (κ1) is 21.6. The van der Waals surface area contributed by atoms with Crippen molar-refractivity contribution in [1.29, 1.82) is 5.41 Å². The fourth-order valence-electron chi connectivity index (χ4n) is 4.87. The van der Waals surface area contributed by atoms with Crippen LogP contribution < -0.4 is 0 Å². The first-order valence-corrected chi connectivity index (χ1v) is 11.9. The summed E-state index contributed by atoms with van der Waals surface area (Å²) in [5.74, 6) is 3.27. The lowest BCUT2D eigenvalue weighted by atomic mass is 9.93. The zero-order valence-corrected chi connectivity index (χ0v) is 20.4. The first-order chi connectivity index (χ1) is 17.0. The summed E-state index contributed by atoms with van der Waals surface area (Å²) < 4.78 is 2.00. The van der Waals surface area contributed by atoms with Crippen LogP contribution in [0.3, 0.4) is 0 Å². The molecular formula is C27H22BClN6. The summed E-state index contributed by atoms with van der Waals surface area (Å²) in [5.41, 5.74) is 4.82. The quantitative estimate of drug-likeness (QED) is 0.354. The highest BCUT2D eigenvalue weighted by Crippen LogP contribution is 2.39. The van der Waals surface area contributed by atoms with Crippen molar-refractivity contribution >= 4 is 63.3 Å². The Morgan fingerprint density at radius 3 is 2.00 bits per heavy atom. The molecule has 2 aliphatic rings. The van der Waals surface area contributed by atoms with E-state index in [0.717, 1.165) is 50.4 Å². The molecule has 0 spiro atoms. The number of hydrogen-bond acceptors (Lipinski definition) is 3. The number of hydrogen-bond donors (Lipinski definition) is 1. The first-order valence-electron chi connectivity index (χ1n) is 11.5. The van der Waals surface area contributed by atoms with Gasteiger partial charge >= 0.3 is 6.26 Å². The summed E-state index contributed by atoms with van der Waals surface area (Å²) in [5, 5.41) is 10.7. The van der Waals surface area contributed by atoms with E-state index in [4.69, 9.17) is 31.8 Å². The minimum absolute atomic E-state index is 0.355. The van der Waals surface area contributed by atoms with E-state index >= 15 is 0 Å². The van der Waals surface area contributed by atoms with Crippen LogP contribution >= 0.6 is 11.5 Å². The minimum Gasteiger partial charge on any atom is -0.340 e. The molecule has 0 bridgehead atoms. The van der Waals surface area contributed by atoms with Crippen LogP contribution in [0, 0.1) is 5.41 Å². The minimum atomic E-state index is -0.424. The molecule has 0 amide bonds. The second-order valence-corrected chi connectivity index (χ2v) is 9.34. The predicted molar refractivity (Wildman–Crippen MR) is 147 cm³/mol. The lowest BCUT2D eigenvalue weighted by molar-refractivity contribution is 0.912. The van der Waals surface area contributed by atoms with E-state index in [1.54, 1.807) is 4.81 Å². The summed E-state index contributed by atoms with van der Waals surface area (Å²) in [6.07, 6.45) is -0.424. The van der Waals surface area contributed by atoms with E-state index in [0.29, 0.717) is 17.5 Å². The van der Waals surface area contributed by atoms with Crippen molar-refractivity contribution in [2.24, 2.45) is 22.0 Å². The molecule has 0 saturated carbocycles. The summed E-state index contributed by atoms with van der Waals surface area (Å²) in [7, 11) is 1.97. The topological polar surface area (TPSA) is 69.1 Å². The molecule has 1 aromatic heterocycles. The van der Waals surface area contributed by atoms with Crippen molar-refractivity contribution in [3.8, 4) is 0 Å². The zero-order chi connectivity index (χ0) is 24.3. The van der Waals surface area contributed by atoms with Crippen molar-refractivity contribution in [1.82, 2.24) is 9.38 Å². The maximum absolute atomic E-state index is 8.69. The largest absolute Gasteiger partial charge is 0.364 e. The third kappa shape index (κ3) is 3.26. The summed E-state index contributed by atoms with van der Waals surface area (Å²) in [4.78, 5) is 16.7. The summed E-state index contributed by atoms with van der Waals surface area (Å²) >= 11 is 6.53. The molecule has 3 aromatic carbocycles. The van der Waals surface area contributed by atoms with Gasteiger partial charge in [-0.1, -0.05) is 72.8 Å². The summed E-state index contributed by atoms with van der Waals surface area (Å²) in [6, 6.07) is 24.1. The second-order valence-electron chi connectivity index (χ2n) is 8.70. The molecule has 1 N–H and O–H groups in total. The van der Waals surface area contributed by atoms with Gasteiger partial charge in [-0.25, -0.2) is 15.0 Å². The molecule has 0 saturated heterocycles. The third-order valence-electron chi connectivity index (χ3n) is 6.55. The second kappa shape index (κ2) is 8.06. The number of benzene rings is 3. The highest BCUT2D eigenvalue weighted by atomic mass is 35.5. The Labute approximate surface area is 208 Å². The van der Waals surface area contributed by atoms with E-state index in [1.165, 1.54) is 0 Å². The molecule has 0 radical (unpaired) electrons. The van der Waals surface area contributed by atoms with Gasteiger partial charge < -0.3 is 9.38 Å². The van der Waals surface area contributed by atoms with E-state index in [1.807, 2.05) is 73.9 Å². The predicted octanol–water partition coefficient (Wildman–Crippen LogP) is 6.16. The van der Waals surface area contributed by atoms with Crippen LogP contribution in [0.25, 0.3) is 10.8 Å². The number of aliphatic imine (C=N–C) groups is 3. The van der Waals surface area contributed by atoms with E-state index in [2.05, 4.69) is 24.3 Å². The Balaban J connectivity index is 1.58. The van der Waals surface area contributed by atoms with Crippen LogP contribution in [-0.4, -0.2) is 38.9 Å². The molecule has 0 atom stereocenters. The lowest BCUT2D eigenvalue weighted by Crippen LogP contribution is -2.38. The molecule has 8 heteroatoms. The molecule has 0 unspecified atom stereocenters. The highest BCUT2D eigenvalue weighted by Gasteiger charge is 2.35. The average Bonchev–Trinajstić information content (AvgIpc) is 3.44. The molecular weight excluding hydrogens is 455 g/mol. The van der Waals surface area contributed by atoms with Crippen molar-refractivity contribution in [2.75, 3.05) is 0 Å². The number of amidine groups is 3. The van der Waals surface area contributed by atoms with Crippen molar-refractivity contribution in [3.63, 3.8) is 0 Å². The van der Waals surface area contributed by atoms with Gasteiger partial charge in [-0.15, -0.1) is 0 Å². The molecule has 3 heterocycles. The lowest BCUT2D eigenvalue weighted by Gasteiger charge is -2.20. The maximum Gasteiger partial charge on any atom is 0.364 e. The van der Waals surface area contributed by atoms with E-state index in [-0.39, 0.29) is 0 Å². The Hall–Kier alpha value is -3.97. The van der Waals surface area contributed by atoms with Crippen LogP contribution in [0.1, 0.15) is 29.2 Å². The molecule has 2 aliphatic heterocycles. The van der Waals surface area contributed by atoms with E-state index < -0.39 is 6.26 Å². The monoisotopic (exact) mass is 476 g/mol. The average molecular weight is 477 g/mol. The van der Waals surface area contributed by atoms with Crippen molar-refractivity contribution in [3.05, 3.63) is 95.1 Å².